The lowest BCUT2D eigenvalue weighted by atomic mass is 10.2. The van der Waals surface area contributed by atoms with Crippen molar-refractivity contribution < 1.29 is 9.47 Å². The van der Waals surface area contributed by atoms with Crippen molar-refractivity contribution in [3.8, 4) is 23.1 Å². The first-order valence-electron chi connectivity index (χ1n) is 5.72. The van der Waals surface area contributed by atoms with Gasteiger partial charge in [0, 0.05) is 12.3 Å². The summed E-state index contributed by atoms with van der Waals surface area (Å²) >= 11 is 0. The number of hydrogen-bond acceptors (Lipinski definition) is 5. The average Bonchev–Trinajstić information content (AvgIpc) is 2.89. The lowest BCUT2D eigenvalue weighted by Crippen LogP contribution is -1.91. The van der Waals surface area contributed by atoms with Gasteiger partial charge >= 0.3 is 0 Å². The van der Waals surface area contributed by atoms with Crippen LogP contribution in [0.4, 0.5) is 0 Å². The maximum Gasteiger partial charge on any atom is 0.224 e. The fraction of sp³-hybridized carbons (Fsp3) is 0.154. The first-order valence-corrected chi connectivity index (χ1v) is 5.72. The van der Waals surface area contributed by atoms with Crippen LogP contribution >= 0.6 is 0 Å². The van der Waals surface area contributed by atoms with Gasteiger partial charge in [0.1, 0.15) is 5.82 Å². The second kappa shape index (κ2) is 4.56. The predicted molar refractivity (Wildman–Crippen MR) is 70.2 cm³/mol. The first-order chi connectivity index (χ1) is 9.31. The molecule has 0 bridgehead atoms. The predicted octanol–water partition coefficient (Wildman–Crippen LogP) is 2.04. The van der Waals surface area contributed by atoms with Crippen molar-refractivity contribution in [2.75, 3.05) is 14.2 Å². The number of rotatable bonds is 3. The molecule has 3 aromatic rings. The number of nitrogens with zero attached hydrogens (tertiary/aromatic N) is 3. The number of fused-ring (bicyclic) bond motifs is 1. The van der Waals surface area contributed by atoms with E-state index < -0.39 is 0 Å². The van der Waals surface area contributed by atoms with Gasteiger partial charge in [0.05, 0.1) is 25.3 Å². The highest BCUT2D eigenvalue weighted by Crippen LogP contribution is 2.27. The maximum absolute atomic E-state index is 5.22. The number of hydrogen-bond donors (Lipinski definition) is 1. The Balaban J connectivity index is 2.15. The average molecular weight is 256 g/mol. The standard InChI is InChI=1S/C13H12N4O2/c1-18-10-6-5-9-12(16-10)17-11(15-9)8-4-3-7-14-13(8)19-2/h3-7H,1-2H3,(H,15,16,17). The minimum atomic E-state index is 0.522. The Morgan fingerprint density at radius 1 is 1.05 bits per heavy atom. The van der Waals surface area contributed by atoms with Crippen LogP contribution in [0.3, 0.4) is 0 Å². The lowest BCUT2D eigenvalue weighted by Gasteiger charge is -2.02. The van der Waals surface area contributed by atoms with E-state index in [1.54, 1.807) is 26.5 Å². The Morgan fingerprint density at radius 3 is 2.74 bits per heavy atom. The van der Waals surface area contributed by atoms with E-state index in [9.17, 15) is 0 Å². The zero-order valence-electron chi connectivity index (χ0n) is 10.5. The molecular weight excluding hydrogens is 244 g/mol. The molecule has 0 aliphatic heterocycles. The highest BCUT2D eigenvalue weighted by atomic mass is 16.5. The van der Waals surface area contributed by atoms with E-state index in [-0.39, 0.29) is 0 Å². The fourth-order valence-corrected chi connectivity index (χ4v) is 1.85. The number of aromatic nitrogens is 4. The summed E-state index contributed by atoms with van der Waals surface area (Å²) in [5.41, 5.74) is 2.23. The summed E-state index contributed by atoms with van der Waals surface area (Å²) in [4.78, 5) is 16.0. The molecule has 3 aromatic heterocycles. The summed E-state index contributed by atoms with van der Waals surface area (Å²) in [5, 5.41) is 0. The highest BCUT2D eigenvalue weighted by molar-refractivity contribution is 5.77. The van der Waals surface area contributed by atoms with E-state index in [0.717, 1.165) is 11.1 Å². The van der Waals surface area contributed by atoms with Crippen molar-refractivity contribution in [2.24, 2.45) is 0 Å². The molecule has 19 heavy (non-hydrogen) atoms. The van der Waals surface area contributed by atoms with E-state index in [1.165, 1.54) is 0 Å². The van der Waals surface area contributed by atoms with E-state index >= 15 is 0 Å². The lowest BCUT2D eigenvalue weighted by molar-refractivity contribution is 0.399. The van der Waals surface area contributed by atoms with Gasteiger partial charge in [-0.3, -0.25) is 0 Å². The summed E-state index contributed by atoms with van der Waals surface area (Å²) < 4.78 is 10.3. The molecule has 0 fully saturated rings. The van der Waals surface area contributed by atoms with Gasteiger partial charge in [-0.15, -0.1) is 0 Å². The topological polar surface area (TPSA) is 72.9 Å². The van der Waals surface area contributed by atoms with Crippen LogP contribution in [-0.2, 0) is 0 Å². The molecule has 0 saturated carbocycles. The molecule has 96 valence electrons. The van der Waals surface area contributed by atoms with Gasteiger partial charge in [0.15, 0.2) is 5.65 Å². The molecule has 0 unspecified atom stereocenters. The van der Waals surface area contributed by atoms with Crippen LogP contribution in [0.2, 0.25) is 0 Å². The van der Waals surface area contributed by atoms with Gasteiger partial charge < -0.3 is 14.5 Å². The monoisotopic (exact) mass is 256 g/mol. The van der Waals surface area contributed by atoms with Gasteiger partial charge in [-0.25, -0.2) is 9.97 Å². The number of imidazole rings is 1. The number of nitrogens with one attached hydrogen (secondary N) is 1. The van der Waals surface area contributed by atoms with E-state index in [2.05, 4.69) is 19.9 Å². The van der Waals surface area contributed by atoms with Crippen molar-refractivity contribution in [2.45, 2.75) is 0 Å². The molecule has 0 saturated heterocycles. The Morgan fingerprint density at radius 2 is 1.95 bits per heavy atom. The maximum atomic E-state index is 5.22. The molecule has 0 aromatic carbocycles. The molecular formula is C13H12N4O2. The van der Waals surface area contributed by atoms with Crippen LogP contribution in [0, 0.1) is 0 Å². The van der Waals surface area contributed by atoms with Crippen molar-refractivity contribution in [3.63, 3.8) is 0 Å². The molecule has 0 aliphatic carbocycles. The molecule has 1 N–H and O–H groups in total. The SMILES string of the molecule is COc1ccc2[nH]c(-c3cccnc3OC)nc2n1. The van der Waals surface area contributed by atoms with Crippen LogP contribution in [-0.4, -0.2) is 34.2 Å². The van der Waals surface area contributed by atoms with Crippen molar-refractivity contribution >= 4 is 11.2 Å². The molecule has 0 amide bonds. The third kappa shape index (κ3) is 1.97. The summed E-state index contributed by atoms with van der Waals surface area (Å²) in [6.45, 7) is 0. The molecule has 0 spiro atoms. The Labute approximate surface area is 109 Å². The molecule has 3 heterocycles. The van der Waals surface area contributed by atoms with Crippen LogP contribution < -0.4 is 9.47 Å². The number of ether oxygens (including phenoxy) is 2. The number of pyridine rings is 2. The smallest absolute Gasteiger partial charge is 0.224 e. The van der Waals surface area contributed by atoms with Crippen molar-refractivity contribution in [1.82, 2.24) is 19.9 Å². The van der Waals surface area contributed by atoms with Gasteiger partial charge in [-0.2, -0.15) is 4.98 Å². The van der Waals surface area contributed by atoms with Gasteiger partial charge in [0.25, 0.3) is 0 Å². The third-order valence-corrected chi connectivity index (χ3v) is 2.75. The van der Waals surface area contributed by atoms with Gasteiger partial charge in [-0.05, 0) is 18.2 Å². The molecule has 3 rings (SSSR count). The summed E-state index contributed by atoms with van der Waals surface area (Å²) in [7, 11) is 3.15. The van der Waals surface area contributed by atoms with E-state index in [1.807, 2.05) is 18.2 Å². The molecule has 0 atom stereocenters. The Bertz CT molecular complexity index is 723. The summed E-state index contributed by atoms with van der Waals surface area (Å²) in [6, 6.07) is 7.38. The second-order valence-electron chi connectivity index (χ2n) is 3.87. The van der Waals surface area contributed by atoms with Gasteiger partial charge in [-0.1, -0.05) is 0 Å². The van der Waals surface area contributed by atoms with Crippen molar-refractivity contribution in [1.29, 1.82) is 0 Å². The summed E-state index contributed by atoms with van der Waals surface area (Å²) in [6.07, 6.45) is 1.67. The molecule has 6 nitrogen and oxygen atoms in total. The Hall–Kier alpha value is -2.63. The van der Waals surface area contributed by atoms with Crippen LogP contribution in [0.15, 0.2) is 30.5 Å². The molecule has 0 aliphatic rings. The van der Waals surface area contributed by atoms with Crippen LogP contribution in [0.5, 0.6) is 11.8 Å². The van der Waals surface area contributed by atoms with Crippen molar-refractivity contribution in [3.05, 3.63) is 30.5 Å². The normalized spacial score (nSPS) is 10.6. The number of aromatic amines is 1. The second-order valence-corrected chi connectivity index (χ2v) is 3.87. The van der Waals surface area contributed by atoms with E-state index in [4.69, 9.17) is 9.47 Å². The minimum absolute atomic E-state index is 0.522. The fourth-order valence-electron chi connectivity index (χ4n) is 1.85. The number of methoxy groups -OCH3 is 2. The third-order valence-electron chi connectivity index (χ3n) is 2.75. The molecule has 0 radical (unpaired) electrons. The first kappa shape index (κ1) is 11.5. The number of H-pyrrole nitrogens is 1. The summed E-state index contributed by atoms with van der Waals surface area (Å²) in [5.74, 6) is 1.72. The zero-order chi connectivity index (χ0) is 13.2. The largest absolute Gasteiger partial charge is 0.481 e. The van der Waals surface area contributed by atoms with E-state index in [0.29, 0.717) is 23.2 Å². The Kier molecular flexibility index (Phi) is 2.75. The van der Waals surface area contributed by atoms with Gasteiger partial charge in [0.2, 0.25) is 11.8 Å². The minimum Gasteiger partial charge on any atom is -0.481 e. The zero-order valence-corrected chi connectivity index (χ0v) is 10.5. The van der Waals surface area contributed by atoms with Crippen LogP contribution in [0.25, 0.3) is 22.6 Å². The molecule has 6 heteroatoms. The van der Waals surface area contributed by atoms with Crippen LogP contribution in [0.1, 0.15) is 0 Å². The highest BCUT2D eigenvalue weighted by Gasteiger charge is 2.12. The quantitative estimate of drug-likeness (QED) is 0.776.